The molecule has 0 aliphatic carbocycles. The Kier molecular flexibility index (Phi) is 7.60. The van der Waals surface area contributed by atoms with E-state index in [9.17, 15) is 9.59 Å². The average molecular weight is 460 g/mol. The van der Waals surface area contributed by atoms with Gasteiger partial charge in [0.05, 0.1) is 25.9 Å². The fraction of sp³-hybridized carbons (Fsp3) is 0.286. The number of hydrogen-bond donors (Lipinski definition) is 0. The number of esters is 1. The van der Waals surface area contributed by atoms with E-state index in [1.54, 1.807) is 18.9 Å². The summed E-state index contributed by atoms with van der Waals surface area (Å²) in [6.07, 6.45) is -0.926. The van der Waals surface area contributed by atoms with Crippen molar-refractivity contribution in [3.05, 3.63) is 95.6 Å². The van der Waals surface area contributed by atoms with Gasteiger partial charge in [0.15, 0.2) is 0 Å². The molecule has 0 N–H and O–H groups in total. The van der Waals surface area contributed by atoms with Crippen molar-refractivity contribution in [2.75, 3.05) is 18.6 Å². The molecule has 2 unspecified atom stereocenters. The van der Waals surface area contributed by atoms with E-state index in [0.29, 0.717) is 13.2 Å². The number of carbonyl (C=O) groups is 2. The van der Waals surface area contributed by atoms with E-state index in [1.165, 1.54) is 0 Å². The quantitative estimate of drug-likeness (QED) is 0.441. The molecular formula is C28H29NO5. The predicted octanol–water partition coefficient (Wildman–Crippen LogP) is 5.06. The van der Waals surface area contributed by atoms with Gasteiger partial charge in [-0.3, -0.25) is 9.59 Å². The molecule has 1 aliphatic heterocycles. The molecular weight excluding hydrogens is 430 g/mol. The van der Waals surface area contributed by atoms with Crippen LogP contribution in [0.5, 0.6) is 5.75 Å². The first-order valence-electron chi connectivity index (χ1n) is 11.5. The van der Waals surface area contributed by atoms with Gasteiger partial charge in [-0.25, -0.2) is 0 Å². The minimum atomic E-state index is -0.798. The lowest BCUT2D eigenvalue weighted by molar-refractivity contribution is -0.145. The Morgan fingerprint density at radius 2 is 1.68 bits per heavy atom. The number of carbonyl (C=O) groups excluding carboxylic acids is 2. The number of rotatable bonds is 8. The van der Waals surface area contributed by atoms with Crippen molar-refractivity contribution < 1.29 is 23.8 Å². The highest BCUT2D eigenvalue weighted by Gasteiger charge is 2.36. The van der Waals surface area contributed by atoms with Crippen molar-refractivity contribution in [3.8, 4) is 5.75 Å². The highest BCUT2D eigenvalue weighted by molar-refractivity contribution is 5.98. The van der Waals surface area contributed by atoms with Crippen LogP contribution in [0.1, 0.15) is 42.6 Å². The normalized spacial score (nSPS) is 17.6. The van der Waals surface area contributed by atoms with Crippen LogP contribution in [-0.2, 0) is 25.6 Å². The van der Waals surface area contributed by atoms with Crippen LogP contribution in [0.3, 0.4) is 0 Å². The van der Waals surface area contributed by atoms with Gasteiger partial charge in [-0.15, -0.1) is 0 Å². The summed E-state index contributed by atoms with van der Waals surface area (Å²) < 4.78 is 16.9. The standard InChI is InChI=1S/C28H29NO5/c1-3-33-26(30)18-17-25-28(31)29(19-20-9-5-4-6-10-20)24-12-8-7-11-23(24)27(34-25)21-13-15-22(32-2)16-14-21/h4-16,25,27H,3,17-19H2,1-2H3. The van der Waals surface area contributed by atoms with Gasteiger partial charge in [-0.2, -0.15) is 0 Å². The second-order valence-corrected chi connectivity index (χ2v) is 8.09. The maximum absolute atomic E-state index is 13.8. The van der Waals surface area contributed by atoms with Crippen LogP contribution in [-0.4, -0.2) is 31.7 Å². The molecule has 0 saturated heterocycles. The number of anilines is 1. The van der Waals surface area contributed by atoms with Gasteiger partial charge in [0.25, 0.3) is 5.91 Å². The van der Waals surface area contributed by atoms with Crippen molar-refractivity contribution in [1.29, 1.82) is 0 Å². The Hall–Kier alpha value is -3.64. The van der Waals surface area contributed by atoms with Crippen LogP contribution in [0.2, 0.25) is 0 Å². The van der Waals surface area contributed by atoms with Crippen LogP contribution in [0.15, 0.2) is 78.9 Å². The van der Waals surface area contributed by atoms with Crippen LogP contribution < -0.4 is 9.64 Å². The molecule has 0 spiro atoms. The number of benzene rings is 3. The van der Waals surface area contributed by atoms with Crippen LogP contribution in [0.4, 0.5) is 5.69 Å². The van der Waals surface area contributed by atoms with Gasteiger partial charge < -0.3 is 19.1 Å². The molecule has 4 rings (SSSR count). The summed E-state index contributed by atoms with van der Waals surface area (Å²) in [5.41, 5.74) is 3.62. The molecule has 2 atom stereocenters. The SMILES string of the molecule is CCOC(=O)CCC1OC(c2ccc(OC)cc2)c2ccccc2N(Cc2ccccc2)C1=O. The molecule has 3 aromatic rings. The maximum Gasteiger partial charge on any atom is 0.305 e. The first kappa shape index (κ1) is 23.5. The van der Waals surface area contributed by atoms with E-state index in [1.807, 2.05) is 78.9 Å². The Morgan fingerprint density at radius 3 is 2.38 bits per heavy atom. The summed E-state index contributed by atoms with van der Waals surface area (Å²) in [6.45, 7) is 2.48. The second-order valence-electron chi connectivity index (χ2n) is 8.09. The third kappa shape index (κ3) is 5.29. The number of methoxy groups -OCH3 is 1. The van der Waals surface area contributed by atoms with Crippen molar-refractivity contribution in [2.45, 2.75) is 38.5 Å². The van der Waals surface area contributed by atoms with Gasteiger partial charge in [0.1, 0.15) is 18.0 Å². The summed E-state index contributed by atoms with van der Waals surface area (Å²) in [5.74, 6) is 0.235. The van der Waals surface area contributed by atoms with E-state index in [2.05, 4.69) is 0 Å². The molecule has 0 saturated carbocycles. The Balaban J connectivity index is 1.74. The highest BCUT2D eigenvalue weighted by Crippen LogP contribution is 2.39. The molecule has 1 aliphatic rings. The summed E-state index contributed by atoms with van der Waals surface area (Å²) >= 11 is 0. The lowest BCUT2D eigenvalue weighted by atomic mass is 9.99. The Morgan fingerprint density at radius 1 is 0.971 bits per heavy atom. The largest absolute Gasteiger partial charge is 0.497 e. The van der Waals surface area contributed by atoms with E-state index >= 15 is 0 Å². The molecule has 0 bridgehead atoms. The number of amides is 1. The zero-order valence-corrected chi connectivity index (χ0v) is 19.5. The van der Waals surface area contributed by atoms with Crippen molar-refractivity contribution in [1.82, 2.24) is 0 Å². The van der Waals surface area contributed by atoms with Gasteiger partial charge >= 0.3 is 5.97 Å². The minimum Gasteiger partial charge on any atom is -0.497 e. The van der Waals surface area contributed by atoms with Crippen LogP contribution in [0.25, 0.3) is 0 Å². The summed E-state index contributed by atoms with van der Waals surface area (Å²) in [7, 11) is 1.62. The average Bonchev–Trinajstić information content (AvgIpc) is 2.99. The Labute approximate surface area is 200 Å². The van der Waals surface area contributed by atoms with Crippen molar-refractivity contribution >= 4 is 17.6 Å². The first-order chi connectivity index (χ1) is 16.6. The maximum atomic E-state index is 13.8. The summed E-state index contributed by atoms with van der Waals surface area (Å²) in [4.78, 5) is 27.6. The molecule has 0 aromatic heterocycles. The third-order valence-corrected chi connectivity index (χ3v) is 5.87. The zero-order valence-electron chi connectivity index (χ0n) is 19.5. The topological polar surface area (TPSA) is 65.1 Å². The zero-order chi connectivity index (χ0) is 23.9. The van der Waals surface area contributed by atoms with E-state index in [4.69, 9.17) is 14.2 Å². The van der Waals surface area contributed by atoms with Gasteiger partial charge in [0.2, 0.25) is 0 Å². The molecule has 1 amide bonds. The lowest BCUT2D eigenvalue weighted by Gasteiger charge is -2.25. The molecule has 6 nitrogen and oxygen atoms in total. The van der Waals surface area contributed by atoms with Gasteiger partial charge in [0, 0.05) is 12.0 Å². The number of fused-ring (bicyclic) bond motifs is 1. The van der Waals surface area contributed by atoms with Crippen LogP contribution in [0, 0.1) is 0 Å². The summed E-state index contributed by atoms with van der Waals surface area (Å²) in [6, 6.07) is 25.3. The number of ether oxygens (including phenoxy) is 3. The number of hydrogen-bond acceptors (Lipinski definition) is 5. The first-order valence-corrected chi connectivity index (χ1v) is 11.5. The van der Waals surface area contributed by atoms with Crippen molar-refractivity contribution in [3.63, 3.8) is 0 Å². The fourth-order valence-corrected chi connectivity index (χ4v) is 4.18. The molecule has 1 heterocycles. The molecule has 0 radical (unpaired) electrons. The van der Waals surface area contributed by atoms with Crippen LogP contribution >= 0.6 is 0 Å². The fourth-order valence-electron chi connectivity index (χ4n) is 4.18. The predicted molar refractivity (Wildman–Crippen MR) is 130 cm³/mol. The smallest absolute Gasteiger partial charge is 0.305 e. The number of nitrogens with zero attached hydrogens (tertiary/aromatic N) is 1. The van der Waals surface area contributed by atoms with Crippen molar-refractivity contribution in [2.24, 2.45) is 0 Å². The summed E-state index contributed by atoms with van der Waals surface area (Å²) in [5, 5.41) is 0. The highest BCUT2D eigenvalue weighted by atomic mass is 16.5. The van der Waals surface area contributed by atoms with Gasteiger partial charge in [-0.05, 0) is 42.7 Å². The third-order valence-electron chi connectivity index (χ3n) is 5.87. The molecule has 176 valence electrons. The molecule has 0 fully saturated rings. The van der Waals surface area contributed by atoms with E-state index in [0.717, 1.165) is 28.1 Å². The lowest BCUT2D eigenvalue weighted by Crippen LogP contribution is -2.39. The van der Waals surface area contributed by atoms with E-state index in [-0.39, 0.29) is 24.7 Å². The monoisotopic (exact) mass is 459 g/mol. The van der Waals surface area contributed by atoms with Gasteiger partial charge in [-0.1, -0.05) is 60.7 Å². The molecule has 34 heavy (non-hydrogen) atoms. The molecule has 3 aromatic carbocycles. The minimum absolute atomic E-state index is 0.106. The molecule has 6 heteroatoms. The second kappa shape index (κ2) is 11.0. The number of para-hydroxylation sites is 1. The Bertz CT molecular complexity index is 1110. The van der Waals surface area contributed by atoms with E-state index < -0.39 is 12.2 Å².